The zero-order valence-corrected chi connectivity index (χ0v) is 14.7. The Morgan fingerprint density at radius 2 is 1.81 bits per heavy atom. The van der Waals surface area contributed by atoms with Crippen molar-refractivity contribution in [2.24, 2.45) is 4.99 Å². The molecule has 0 N–H and O–H groups in total. The molecule has 0 aromatic heterocycles. The van der Waals surface area contributed by atoms with Crippen LogP contribution in [0.3, 0.4) is 0 Å². The van der Waals surface area contributed by atoms with E-state index in [9.17, 15) is 10.1 Å². The average Bonchev–Trinajstić information content (AvgIpc) is 2.64. The van der Waals surface area contributed by atoms with Gasteiger partial charge in [0.25, 0.3) is 5.69 Å². The van der Waals surface area contributed by atoms with Gasteiger partial charge >= 0.3 is 0 Å². The number of rotatable bonds is 5. The number of nitro groups is 1. The van der Waals surface area contributed by atoms with Crippen LogP contribution in [0.5, 0.6) is 11.5 Å². The maximum atomic E-state index is 10.9. The monoisotopic (exact) mass is 366 g/mol. The molecule has 0 aliphatic carbocycles. The molecule has 0 radical (unpaired) electrons. The zero-order chi connectivity index (χ0) is 18.5. The summed E-state index contributed by atoms with van der Waals surface area (Å²) < 4.78 is 5.84. The molecule has 3 rings (SSSR count). The molecule has 3 aromatic carbocycles. The Kier molecular flexibility index (Phi) is 5.29. The molecule has 0 bridgehead atoms. The molecule has 0 aliphatic heterocycles. The number of aliphatic imine (C=N–C) groups is 1. The first-order valence-corrected chi connectivity index (χ1v) is 8.22. The van der Waals surface area contributed by atoms with Gasteiger partial charge in [0.2, 0.25) is 0 Å². The van der Waals surface area contributed by atoms with Crippen LogP contribution in [0.1, 0.15) is 11.1 Å². The highest BCUT2D eigenvalue weighted by molar-refractivity contribution is 6.33. The summed E-state index contributed by atoms with van der Waals surface area (Å²) in [5.41, 5.74) is 2.19. The molecule has 26 heavy (non-hydrogen) atoms. The van der Waals surface area contributed by atoms with Gasteiger partial charge in [0.1, 0.15) is 11.5 Å². The number of para-hydroxylation sites is 1. The number of aryl methyl sites for hydroxylation is 1. The van der Waals surface area contributed by atoms with Crippen molar-refractivity contribution >= 4 is 29.2 Å². The summed E-state index contributed by atoms with van der Waals surface area (Å²) in [6.45, 7) is 1.98. The summed E-state index contributed by atoms with van der Waals surface area (Å²) in [4.78, 5) is 14.7. The van der Waals surface area contributed by atoms with Crippen LogP contribution in [0.4, 0.5) is 11.4 Å². The van der Waals surface area contributed by atoms with Crippen molar-refractivity contribution in [3.63, 3.8) is 0 Å². The molecular formula is C20H15ClN2O3. The Morgan fingerprint density at radius 1 is 1.08 bits per heavy atom. The van der Waals surface area contributed by atoms with Crippen LogP contribution < -0.4 is 4.74 Å². The van der Waals surface area contributed by atoms with Crippen molar-refractivity contribution in [3.05, 3.63) is 93.0 Å². The highest BCUT2D eigenvalue weighted by Crippen LogP contribution is 2.27. The maximum Gasteiger partial charge on any atom is 0.270 e. The molecule has 130 valence electrons. The fraction of sp³-hybridized carbons (Fsp3) is 0.0500. The van der Waals surface area contributed by atoms with E-state index in [0.717, 1.165) is 11.3 Å². The van der Waals surface area contributed by atoms with Gasteiger partial charge in [-0.15, -0.1) is 0 Å². The Balaban J connectivity index is 1.75. The lowest BCUT2D eigenvalue weighted by Crippen LogP contribution is -1.90. The van der Waals surface area contributed by atoms with Crippen LogP contribution in [0.25, 0.3) is 0 Å². The number of benzene rings is 3. The number of non-ortho nitro benzene ring substituents is 1. The predicted molar refractivity (Wildman–Crippen MR) is 103 cm³/mol. The minimum Gasteiger partial charge on any atom is -0.457 e. The van der Waals surface area contributed by atoms with Crippen LogP contribution in [-0.4, -0.2) is 11.1 Å². The average molecular weight is 367 g/mol. The van der Waals surface area contributed by atoms with Crippen molar-refractivity contribution in [2.45, 2.75) is 6.92 Å². The second-order valence-corrected chi connectivity index (χ2v) is 5.99. The van der Waals surface area contributed by atoms with Crippen LogP contribution in [-0.2, 0) is 0 Å². The Morgan fingerprint density at radius 3 is 2.50 bits per heavy atom. The van der Waals surface area contributed by atoms with Gasteiger partial charge in [-0.05, 0) is 48.9 Å². The Labute approximate surface area is 155 Å². The van der Waals surface area contributed by atoms with Crippen LogP contribution in [0.2, 0.25) is 5.02 Å². The maximum absolute atomic E-state index is 10.9. The number of hydrogen-bond donors (Lipinski definition) is 0. The van der Waals surface area contributed by atoms with Gasteiger partial charge in [-0.1, -0.05) is 29.8 Å². The van der Waals surface area contributed by atoms with Gasteiger partial charge in [-0.25, -0.2) is 0 Å². The van der Waals surface area contributed by atoms with Crippen LogP contribution in [0, 0.1) is 17.0 Å². The summed E-state index contributed by atoms with van der Waals surface area (Å²) in [5.74, 6) is 1.50. The van der Waals surface area contributed by atoms with Crippen LogP contribution in [0.15, 0.2) is 71.7 Å². The van der Waals surface area contributed by atoms with Crippen molar-refractivity contribution < 1.29 is 9.66 Å². The third-order valence-corrected chi connectivity index (χ3v) is 4.05. The molecule has 3 aromatic rings. The van der Waals surface area contributed by atoms with E-state index in [4.69, 9.17) is 16.3 Å². The number of ether oxygens (including phenoxy) is 1. The van der Waals surface area contributed by atoms with Gasteiger partial charge in [0.05, 0.1) is 10.6 Å². The van der Waals surface area contributed by atoms with Crippen molar-refractivity contribution in [1.29, 1.82) is 0 Å². The van der Waals surface area contributed by atoms with Gasteiger partial charge in [-0.2, -0.15) is 0 Å². The van der Waals surface area contributed by atoms with E-state index in [2.05, 4.69) is 4.99 Å². The van der Waals surface area contributed by atoms with E-state index >= 15 is 0 Å². The molecule has 0 spiro atoms. The van der Waals surface area contributed by atoms with Crippen molar-refractivity contribution in [3.8, 4) is 11.5 Å². The van der Waals surface area contributed by atoms with Gasteiger partial charge in [0.15, 0.2) is 0 Å². The van der Waals surface area contributed by atoms with E-state index in [-0.39, 0.29) is 5.69 Å². The molecule has 0 saturated carbocycles. The molecule has 0 heterocycles. The predicted octanol–water partition coefficient (Wildman–Crippen LogP) is 6.10. The van der Waals surface area contributed by atoms with Crippen molar-refractivity contribution in [2.75, 3.05) is 0 Å². The summed E-state index contributed by atoms with van der Waals surface area (Å²) in [7, 11) is 0. The summed E-state index contributed by atoms with van der Waals surface area (Å²) in [6, 6.07) is 19.2. The van der Waals surface area contributed by atoms with E-state index in [0.29, 0.717) is 22.0 Å². The third kappa shape index (κ3) is 4.26. The summed E-state index contributed by atoms with van der Waals surface area (Å²) >= 11 is 6.06. The Bertz CT molecular complexity index is 969. The second kappa shape index (κ2) is 7.80. The van der Waals surface area contributed by atoms with E-state index in [1.54, 1.807) is 12.1 Å². The van der Waals surface area contributed by atoms with Gasteiger partial charge in [0, 0.05) is 28.9 Å². The fourth-order valence-electron chi connectivity index (χ4n) is 2.29. The highest BCUT2D eigenvalue weighted by Gasteiger charge is 2.08. The van der Waals surface area contributed by atoms with Gasteiger partial charge in [-0.3, -0.25) is 15.1 Å². The first-order chi connectivity index (χ1) is 12.5. The number of hydrogen-bond acceptors (Lipinski definition) is 4. The molecule has 6 heteroatoms. The molecule has 0 fully saturated rings. The first-order valence-electron chi connectivity index (χ1n) is 7.84. The normalized spacial score (nSPS) is 10.8. The van der Waals surface area contributed by atoms with E-state index < -0.39 is 4.92 Å². The topological polar surface area (TPSA) is 64.7 Å². The largest absolute Gasteiger partial charge is 0.457 e. The van der Waals surface area contributed by atoms with Crippen LogP contribution >= 0.6 is 11.6 Å². The minimum atomic E-state index is -0.467. The second-order valence-electron chi connectivity index (χ2n) is 5.58. The minimum absolute atomic E-state index is 0.0298. The van der Waals surface area contributed by atoms with Gasteiger partial charge < -0.3 is 4.74 Å². The zero-order valence-electron chi connectivity index (χ0n) is 13.9. The lowest BCUT2D eigenvalue weighted by Gasteiger charge is -2.08. The first kappa shape index (κ1) is 17.6. The molecule has 0 unspecified atom stereocenters. The van der Waals surface area contributed by atoms with Crippen molar-refractivity contribution in [1.82, 2.24) is 0 Å². The standard InChI is InChI=1S/C20H15ClN2O3/c1-14-4-2-3-5-20(14)26-18-9-6-16(7-10-18)22-13-15-12-17(23(24)25)8-11-19(15)21/h2-13H,1H3. The molecule has 0 atom stereocenters. The Hall–Kier alpha value is -3.18. The molecule has 0 saturated heterocycles. The third-order valence-electron chi connectivity index (χ3n) is 3.70. The number of nitro benzene ring substituents is 1. The number of nitrogens with zero attached hydrogens (tertiary/aromatic N) is 2. The number of halogens is 1. The lowest BCUT2D eigenvalue weighted by atomic mass is 10.2. The quantitative estimate of drug-likeness (QED) is 0.311. The fourth-order valence-corrected chi connectivity index (χ4v) is 2.45. The smallest absolute Gasteiger partial charge is 0.270 e. The van der Waals surface area contributed by atoms with E-state index in [1.807, 2.05) is 43.3 Å². The molecule has 0 aliphatic rings. The molecule has 0 amide bonds. The van der Waals surface area contributed by atoms with E-state index in [1.165, 1.54) is 24.4 Å². The molecule has 5 nitrogen and oxygen atoms in total. The lowest BCUT2D eigenvalue weighted by molar-refractivity contribution is -0.384. The SMILES string of the molecule is Cc1ccccc1Oc1ccc(N=Cc2cc([N+](=O)[O-])ccc2Cl)cc1. The summed E-state index contributed by atoms with van der Waals surface area (Å²) in [6.07, 6.45) is 1.51. The summed E-state index contributed by atoms with van der Waals surface area (Å²) in [5, 5.41) is 11.3. The molecular weight excluding hydrogens is 352 g/mol. The highest BCUT2D eigenvalue weighted by atomic mass is 35.5.